The monoisotopic (exact) mass is 253 g/mol. The Labute approximate surface area is 105 Å². The average molecular weight is 253 g/mol. The second kappa shape index (κ2) is 6.17. The van der Waals surface area contributed by atoms with E-state index in [2.05, 4.69) is 11.4 Å². The fourth-order valence-corrected chi connectivity index (χ4v) is 3.40. The maximum absolute atomic E-state index is 11.2. The van der Waals surface area contributed by atoms with Crippen molar-refractivity contribution in [1.29, 1.82) is 0 Å². The minimum Gasteiger partial charge on any atom is -0.496 e. The zero-order valence-electron chi connectivity index (χ0n) is 10.1. The number of hydrogen-bond acceptors (Lipinski definition) is 3. The van der Waals surface area contributed by atoms with E-state index in [1.54, 1.807) is 7.11 Å². The zero-order chi connectivity index (χ0) is 12.1. The van der Waals surface area contributed by atoms with Crippen molar-refractivity contribution >= 4 is 10.8 Å². The molecular weight excluding hydrogens is 234 g/mol. The van der Waals surface area contributed by atoms with Crippen molar-refractivity contribution in [2.24, 2.45) is 0 Å². The number of hydrogen-bond donors (Lipinski definition) is 1. The van der Waals surface area contributed by atoms with Gasteiger partial charge in [-0.25, -0.2) is 0 Å². The number of ether oxygens (including phenoxy) is 1. The lowest BCUT2D eigenvalue weighted by Crippen LogP contribution is -2.35. The lowest BCUT2D eigenvalue weighted by atomic mass is 10.1. The molecule has 1 aliphatic heterocycles. The van der Waals surface area contributed by atoms with Gasteiger partial charge in [0.1, 0.15) is 5.75 Å². The van der Waals surface area contributed by atoms with Gasteiger partial charge >= 0.3 is 0 Å². The third kappa shape index (κ3) is 3.54. The number of para-hydroxylation sites is 1. The first-order chi connectivity index (χ1) is 8.29. The van der Waals surface area contributed by atoms with Crippen LogP contribution in [-0.2, 0) is 17.3 Å². The summed E-state index contributed by atoms with van der Waals surface area (Å²) in [5, 5.41) is 3.52. The van der Waals surface area contributed by atoms with E-state index in [9.17, 15) is 4.21 Å². The summed E-state index contributed by atoms with van der Waals surface area (Å²) in [7, 11) is 1.12. The van der Waals surface area contributed by atoms with Crippen LogP contribution in [0, 0.1) is 0 Å². The van der Waals surface area contributed by atoms with Gasteiger partial charge in [-0.1, -0.05) is 18.2 Å². The predicted molar refractivity (Wildman–Crippen MR) is 70.7 cm³/mol. The van der Waals surface area contributed by atoms with Crippen LogP contribution in [-0.4, -0.2) is 28.9 Å². The predicted octanol–water partition coefficient (Wildman–Crippen LogP) is 1.70. The van der Waals surface area contributed by atoms with Gasteiger partial charge in [0.25, 0.3) is 0 Å². The van der Waals surface area contributed by atoms with E-state index in [4.69, 9.17) is 4.74 Å². The molecule has 1 aliphatic rings. The summed E-state index contributed by atoms with van der Waals surface area (Å²) in [6.07, 6.45) is 2.03. The van der Waals surface area contributed by atoms with Crippen LogP contribution in [0.4, 0.5) is 0 Å². The molecule has 0 saturated carbocycles. The van der Waals surface area contributed by atoms with Gasteiger partial charge in [-0.05, 0) is 18.9 Å². The smallest absolute Gasteiger partial charge is 0.123 e. The topological polar surface area (TPSA) is 38.3 Å². The highest BCUT2D eigenvalue weighted by atomic mass is 32.2. The maximum Gasteiger partial charge on any atom is 0.123 e. The quantitative estimate of drug-likeness (QED) is 0.887. The van der Waals surface area contributed by atoms with Gasteiger partial charge in [-0.3, -0.25) is 4.21 Å². The molecule has 1 heterocycles. The van der Waals surface area contributed by atoms with Gasteiger partial charge in [0.15, 0.2) is 0 Å². The molecule has 1 N–H and O–H groups in total. The largest absolute Gasteiger partial charge is 0.496 e. The Balaban J connectivity index is 1.87. The van der Waals surface area contributed by atoms with Crippen molar-refractivity contribution in [3.05, 3.63) is 29.8 Å². The summed E-state index contributed by atoms with van der Waals surface area (Å²) in [5.41, 5.74) is 1.18. The van der Waals surface area contributed by atoms with Gasteiger partial charge in [0, 0.05) is 40.5 Å². The molecule has 0 aliphatic carbocycles. The summed E-state index contributed by atoms with van der Waals surface area (Å²) in [4.78, 5) is 0. The molecule has 0 radical (unpaired) electrons. The van der Waals surface area contributed by atoms with E-state index in [-0.39, 0.29) is 0 Å². The van der Waals surface area contributed by atoms with E-state index >= 15 is 0 Å². The zero-order valence-corrected chi connectivity index (χ0v) is 11.0. The Bertz CT molecular complexity index is 385. The lowest BCUT2D eigenvalue weighted by Gasteiger charge is -2.23. The first kappa shape index (κ1) is 12.6. The third-order valence-electron chi connectivity index (χ3n) is 3.16. The molecule has 2 rings (SSSR count). The SMILES string of the molecule is COc1ccccc1CNC1CCS(=O)CC1. The molecule has 0 unspecified atom stereocenters. The van der Waals surface area contributed by atoms with Crippen molar-refractivity contribution in [3.63, 3.8) is 0 Å². The molecule has 3 nitrogen and oxygen atoms in total. The summed E-state index contributed by atoms with van der Waals surface area (Å²) < 4.78 is 16.6. The van der Waals surface area contributed by atoms with Crippen LogP contribution in [0.2, 0.25) is 0 Å². The second-order valence-electron chi connectivity index (χ2n) is 4.32. The normalized spacial score (nSPS) is 24.5. The van der Waals surface area contributed by atoms with Crippen molar-refractivity contribution < 1.29 is 8.95 Å². The van der Waals surface area contributed by atoms with Crippen LogP contribution < -0.4 is 10.1 Å². The minimum atomic E-state index is -0.580. The van der Waals surface area contributed by atoms with Crippen molar-refractivity contribution in [1.82, 2.24) is 5.32 Å². The maximum atomic E-state index is 11.2. The van der Waals surface area contributed by atoms with E-state index in [1.165, 1.54) is 5.56 Å². The number of rotatable bonds is 4. The Morgan fingerprint density at radius 2 is 2.06 bits per heavy atom. The summed E-state index contributed by atoms with van der Waals surface area (Å²) in [5.74, 6) is 2.60. The highest BCUT2D eigenvalue weighted by Crippen LogP contribution is 2.18. The van der Waals surface area contributed by atoms with Crippen LogP contribution in [0.3, 0.4) is 0 Å². The number of benzene rings is 1. The van der Waals surface area contributed by atoms with Gasteiger partial charge in [-0.2, -0.15) is 0 Å². The number of nitrogens with one attached hydrogen (secondary N) is 1. The Kier molecular flexibility index (Phi) is 4.57. The molecule has 0 aromatic heterocycles. The van der Waals surface area contributed by atoms with Gasteiger partial charge in [0.05, 0.1) is 7.11 Å². The first-order valence-electron chi connectivity index (χ1n) is 6.00. The molecule has 0 amide bonds. The average Bonchev–Trinajstić information content (AvgIpc) is 2.38. The van der Waals surface area contributed by atoms with Crippen molar-refractivity contribution in [2.45, 2.75) is 25.4 Å². The van der Waals surface area contributed by atoms with E-state index in [1.807, 2.05) is 18.2 Å². The van der Waals surface area contributed by atoms with E-state index < -0.39 is 10.8 Å². The Hall–Kier alpha value is -0.870. The standard InChI is InChI=1S/C13H19NO2S/c1-16-13-5-3-2-4-11(13)10-14-12-6-8-17(15)9-7-12/h2-5,12,14H,6-10H2,1H3. The van der Waals surface area contributed by atoms with Crippen LogP contribution >= 0.6 is 0 Å². The molecular formula is C13H19NO2S. The third-order valence-corrected chi connectivity index (χ3v) is 4.54. The van der Waals surface area contributed by atoms with Gasteiger partial charge < -0.3 is 10.1 Å². The van der Waals surface area contributed by atoms with Crippen molar-refractivity contribution in [2.75, 3.05) is 18.6 Å². The van der Waals surface area contributed by atoms with E-state index in [0.29, 0.717) is 6.04 Å². The molecule has 17 heavy (non-hydrogen) atoms. The molecule has 94 valence electrons. The van der Waals surface area contributed by atoms with Crippen LogP contribution in [0.1, 0.15) is 18.4 Å². The highest BCUT2D eigenvalue weighted by Gasteiger charge is 2.17. The van der Waals surface area contributed by atoms with Gasteiger partial charge in [0.2, 0.25) is 0 Å². The van der Waals surface area contributed by atoms with Gasteiger partial charge in [-0.15, -0.1) is 0 Å². The van der Waals surface area contributed by atoms with Crippen LogP contribution in [0.5, 0.6) is 5.75 Å². The highest BCUT2D eigenvalue weighted by molar-refractivity contribution is 7.85. The molecule has 0 bridgehead atoms. The molecule has 4 heteroatoms. The summed E-state index contributed by atoms with van der Waals surface area (Å²) in [6.45, 7) is 0.821. The second-order valence-corrected chi connectivity index (χ2v) is 6.01. The van der Waals surface area contributed by atoms with Crippen LogP contribution in [0.15, 0.2) is 24.3 Å². The summed E-state index contributed by atoms with van der Waals surface area (Å²) >= 11 is 0. The molecule has 1 fully saturated rings. The lowest BCUT2D eigenvalue weighted by molar-refractivity contribution is 0.402. The molecule has 0 spiro atoms. The fourth-order valence-electron chi connectivity index (χ4n) is 2.10. The van der Waals surface area contributed by atoms with E-state index in [0.717, 1.165) is 36.6 Å². The van der Waals surface area contributed by atoms with Crippen molar-refractivity contribution in [3.8, 4) is 5.75 Å². The molecule has 1 aromatic carbocycles. The molecule has 1 aromatic rings. The van der Waals surface area contributed by atoms with Crippen LogP contribution in [0.25, 0.3) is 0 Å². The number of methoxy groups -OCH3 is 1. The minimum absolute atomic E-state index is 0.498. The summed E-state index contributed by atoms with van der Waals surface area (Å²) in [6, 6.07) is 8.55. The molecule has 0 atom stereocenters. The Morgan fingerprint density at radius 1 is 1.35 bits per heavy atom. The Morgan fingerprint density at radius 3 is 2.76 bits per heavy atom. The first-order valence-corrected chi connectivity index (χ1v) is 7.48. The molecule has 1 saturated heterocycles. The fraction of sp³-hybridized carbons (Fsp3) is 0.538.